The highest BCUT2D eigenvalue weighted by molar-refractivity contribution is 7.90. The Balaban J connectivity index is 2.29. The normalized spacial score (nSPS) is 11.6. The van der Waals surface area contributed by atoms with Gasteiger partial charge in [-0.1, -0.05) is 19.4 Å². The Bertz CT molecular complexity index is 694. The van der Waals surface area contributed by atoms with Crippen LogP contribution in [0, 0.1) is 0 Å². The molecule has 0 atom stereocenters. The van der Waals surface area contributed by atoms with Gasteiger partial charge in [-0.05, 0) is 18.6 Å². The number of rotatable bonds is 5. The van der Waals surface area contributed by atoms with Gasteiger partial charge in [-0.3, -0.25) is 4.79 Å². The fraction of sp³-hybridized carbons (Fsp3) is 0.364. The number of benzene rings is 1. The van der Waals surface area contributed by atoms with Gasteiger partial charge < -0.3 is 0 Å². The van der Waals surface area contributed by atoms with Gasteiger partial charge in [0.2, 0.25) is 5.91 Å². The van der Waals surface area contributed by atoms with Crippen LogP contribution >= 0.6 is 11.7 Å². The van der Waals surface area contributed by atoms with Crippen molar-refractivity contribution in [1.29, 1.82) is 0 Å². The van der Waals surface area contributed by atoms with E-state index in [1.54, 1.807) is 12.1 Å². The fourth-order valence-electron chi connectivity index (χ4n) is 1.59. The average molecular weight is 299 g/mol. The summed E-state index contributed by atoms with van der Waals surface area (Å²) in [6.45, 7) is 1.93. The van der Waals surface area contributed by atoms with Crippen molar-refractivity contribution in [1.82, 2.24) is 13.5 Å². The van der Waals surface area contributed by atoms with Crippen molar-refractivity contribution in [2.45, 2.75) is 31.1 Å². The molecule has 0 bridgehead atoms. The molecule has 0 aliphatic rings. The third-order valence-corrected chi connectivity index (χ3v) is 4.49. The van der Waals surface area contributed by atoms with Gasteiger partial charge in [0.25, 0.3) is 10.0 Å². The van der Waals surface area contributed by atoms with E-state index < -0.39 is 15.9 Å². The molecule has 0 spiro atoms. The van der Waals surface area contributed by atoms with Crippen molar-refractivity contribution in [3.63, 3.8) is 0 Å². The molecule has 0 saturated heterocycles. The molecule has 1 amide bonds. The van der Waals surface area contributed by atoms with Gasteiger partial charge in [0, 0.05) is 6.42 Å². The van der Waals surface area contributed by atoms with Gasteiger partial charge in [-0.2, -0.15) is 8.75 Å². The minimum absolute atomic E-state index is 0.0106. The first-order valence-electron chi connectivity index (χ1n) is 5.81. The quantitative estimate of drug-likeness (QED) is 0.907. The summed E-state index contributed by atoms with van der Waals surface area (Å²) in [4.78, 5) is 11.5. The van der Waals surface area contributed by atoms with Crippen LogP contribution in [0.15, 0.2) is 23.1 Å². The molecule has 0 aliphatic carbocycles. The molecule has 102 valence electrons. The molecule has 6 nitrogen and oxygen atoms in total. The standard InChI is InChI=1S/C11H13N3O3S2/c1-2-3-7-10(15)14-19(16,17)9-6-4-5-8-11(9)13-18-12-8/h4-6H,2-3,7H2,1H3,(H,14,15). The van der Waals surface area contributed by atoms with Gasteiger partial charge in [0.15, 0.2) is 0 Å². The predicted octanol–water partition coefficient (Wildman–Crippen LogP) is 1.69. The summed E-state index contributed by atoms with van der Waals surface area (Å²) in [7, 11) is -3.88. The van der Waals surface area contributed by atoms with Crippen molar-refractivity contribution in [3.8, 4) is 0 Å². The summed E-state index contributed by atoms with van der Waals surface area (Å²) in [6, 6.07) is 4.67. The summed E-state index contributed by atoms with van der Waals surface area (Å²) < 4.78 is 34.2. The molecular formula is C11H13N3O3S2. The van der Waals surface area contributed by atoms with Crippen LogP contribution in [-0.4, -0.2) is 23.1 Å². The molecule has 1 aromatic carbocycles. The molecule has 0 saturated carbocycles. The summed E-state index contributed by atoms with van der Waals surface area (Å²) in [5.74, 6) is -0.498. The second kappa shape index (κ2) is 5.62. The lowest BCUT2D eigenvalue weighted by Crippen LogP contribution is -2.30. The number of unbranched alkanes of at least 4 members (excludes halogenated alkanes) is 1. The number of carbonyl (C=O) groups is 1. The number of sulfonamides is 1. The zero-order valence-corrected chi connectivity index (χ0v) is 11.9. The Morgan fingerprint density at radius 2 is 2.16 bits per heavy atom. The highest BCUT2D eigenvalue weighted by atomic mass is 32.2. The number of hydrogen-bond donors (Lipinski definition) is 1. The number of fused-ring (bicyclic) bond motifs is 1. The highest BCUT2D eigenvalue weighted by Gasteiger charge is 2.21. The van der Waals surface area contributed by atoms with Crippen LogP contribution in [0.2, 0.25) is 0 Å². The second-order valence-corrected chi connectivity index (χ2v) is 6.20. The summed E-state index contributed by atoms with van der Waals surface area (Å²) in [5, 5.41) is 0. The molecule has 8 heteroatoms. The van der Waals surface area contributed by atoms with Crippen LogP contribution in [-0.2, 0) is 14.8 Å². The monoisotopic (exact) mass is 299 g/mol. The SMILES string of the molecule is CCCCC(=O)NS(=O)(=O)c1cccc2nsnc12. The summed E-state index contributed by atoms with van der Waals surface area (Å²) in [6.07, 6.45) is 1.68. The molecule has 2 rings (SSSR count). The second-order valence-electron chi connectivity index (χ2n) is 4.02. The topological polar surface area (TPSA) is 89.0 Å². The Hall–Kier alpha value is -1.54. The van der Waals surface area contributed by atoms with Crippen LogP contribution < -0.4 is 4.72 Å². The minimum Gasteiger partial charge on any atom is -0.274 e. The molecule has 1 N–H and O–H groups in total. The first-order valence-corrected chi connectivity index (χ1v) is 8.03. The van der Waals surface area contributed by atoms with Crippen molar-refractivity contribution < 1.29 is 13.2 Å². The van der Waals surface area contributed by atoms with Crippen molar-refractivity contribution >= 4 is 38.7 Å². The molecule has 2 aromatic rings. The molecule has 0 radical (unpaired) electrons. The van der Waals surface area contributed by atoms with Crippen molar-refractivity contribution in [2.24, 2.45) is 0 Å². The maximum atomic E-state index is 12.1. The van der Waals surface area contributed by atoms with Crippen molar-refractivity contribution in [3.05, 3.63) is 18.2 Å². The molecular weight excluding hydrogens is 286 g/mol. The number of hydrogen-bond acceptors (Lipinski definition) is 6. The summed E-state index contributed by atoms with van der Waals surface area (Å²) in [5.41, 5.74) is 0.803. The third-order valence-electron chi connectivity index (χ3n) is 2.54. The molecule has 0 fully saturated rings. The molecule has 19 heavy (non-hydrogen) atoms. The van der Waals surface area contributed by atoms with E-state index in [1.165, 1.54) is 6.07 Å². The number of nitrogens with zero attached hydrogens (tertiary/aromatic N) is 2. The predicted molar refractivity (Wildman–Crippen MR) is 72.3 cm³/mol. The maximum Gasteiger partial charge on any atom is 0.266 e. The van der Waals surface area contributed by atoms with Crippen molar-refractivity contribution in [2.75, 3.05) is 0 Å². The zero-order chi connectivity index (χ0) is 13.9. The summed E-state index contributed by atoms with van der Waals surface area (Å²) >= 11 is 0.939. The van der Waals surface area contributed by atoms with Crippen LogP contribution in [0.1, 0.15) is 26.2 Å². The van der Waals surface area contributed by atoms with Gasteiger partial charge in [-0.25, -0.2) is 13.1 Å². The van der Waals surface area contributed by atoms with Crippen LogP contribution in [0.25, 0.3) is 11.0 Å². The first kappa shape index (κ1) is 13.9. The highest BCUT2D eigenvalue weighted by Crippen LogP contribution is 2.20. The number of amides is 1. The Kier molecular flexibility index (Phi) is 4.11. The number of aromatic nitrogens is 2. The fourth-order valence-corrected chi connectivity index (χ4v) is 3.37. The van der Waals surface area contributed by atoms with E-state index in [1.807, 2.05) is 6.92 Å². The molecule has 0 unspecified atom stereocenters. The van der Waals surface area contributed by atoms with Gasteiger partial charge in [-0.15, -0.1) is 0 Å². The third kappa shape index (κ3) is 3.07. The van der Waals surface area contributed by atoms with E-state index in [9.17, 15) is 13.2 Å². The van der Waals surface area contributed by atoms with Crippen LogP contribution in [0.5, 0.6) is 0 Å². The van der Waals surface area contributed by atoms with E-state index in [0.29, 0.717) is 17.5 Å². The molecule has 0 aliphatic heterocycles. The smallest absolute Gasteiger partial charge is 0.266 e. The van der Waals surface area contributed by atoms with Crippen LogP contribution in [0.4, 0.5) is 0 Å². The van der Waals surface area contributed by atoms with E-state index >= 15 is 0 Å². The Morgan fingerprint density at radius 3 is 2.89 bits per heavy atom. The van der Waals surface area contributed by atoms with Crippen LogP contribution in [0.3, 0.4) is 0 Å². The maximum absolute atomic E-state index is 12.1. The van der Waals surface area contributed by atoms with Gasteiger partial charge in [0.05, 0.1) is 11.7 Å². The lowest BCUT2D eigenvalue weighted by molar-refractivity contribution is -0.119. The lowest BCUT2D eigenvalue weighted by Gasteiger charge is -2.06. The Labute approximate surface area is 115 Å². The zero-order valence-electron chi connectivity index (χ0n) is 10.3. The van der Waals surface area contributed by atoms with E-state index in [2.05, 4.69) is 13.5 Å². The number of carbonyl (C=O) groups excluding carboxylic acids is 1. The largest absolute Gasteiger partial charge is 0.274 e. The van der Waals surface area contributed by atoms with E-state index in [-0.39, 0.29) is 11.3 Å². The van der Waals surface area contributed by atoms with Gasteiger partial charge >= 0.3 is 0 Å². The average Bonchev–Trinajstić information content (AvgIpc) is 2.83. The first-order chi connectivity index (χ1) is 9.04. The molecule has 1 aromatic heterocycles. The Morgan fingerprint density at radius 1 is 1.37 bits per heavy atom. The van der Waals surface area contributed by atoms with Gasteiger partial charge in [0.1, 0.15) is 15.9 Å². The van der Waals surface area contributed by atoms with E-state index in [4.69, 9.17) is 0 Å². The lowest BCUT2D eigenvalue weighted by atomic mass is 10.2. The minimum atomic E-state index is -3.88. The molecule has 1 heterocycles. The number of nitrogens with one attached hydrogen (secondary N) is 1. The van der Waals surface area contributed by atoms with E-state index in [0.717, 1.165) is 18.1 Å².